The summed E-state index contributed by atoms with van der Waals surface area (Å²) in [7, 11) is 1.69. The molecule has 0 aliphatic rings. The number of nitrogens with zero attached hydrogens (tertiary/aromatic N) is 5. The summed E-state index contributed by atoms with van der Waals surface area (Å²) in [6.45, 7) is 0.417. The number of nitro groups is 1. The lowest BCUT2D eigenvalue weighted by Gasteiger charge is -2.16. The Bertz CT molecular complexity index is 558. The molecule has 2 rings (SSSR count). The summed E-state index contributed by atoms with van der Waals surface area (Å²) in [6.07, 6.45) is 1.11. The summed E-state index contributed by atoms with van der Waals surface area (Å²) in [5.74, 6) is 0.182. The van der Waals surface area contributed by atoms with Crippen LogP contribution >= 0.6 is 11.3 Å². The van der Waals surface area contributed by atoms with Gasteiger partial charge in [0.25, 0.3) is 0 Å². The topological polar surface area (TPSA) is 111 Å². The van der Waals surface area contributed by atoms with E-state index in [1.165, 1.54) is 11.3 Å². The maximum absolute atomic E-state index is 10.9. The molecule has 0 fully saturated rings. The van der Waals surface area contributed by atoms with Crippen LogP contribution in [-0.2, 0) is 6.54 Å². The molecule has 0 saturated heterocycles. The molecule has 0 aliphatic heterocycles. The molecule has 0 unspecified atom stereocenters. The molecule has 0 saturated carbocycles. The summed E-state index contributed by atoms with van der Waals surface area (Å²) in [5.41, 5.74) is 7.79. The van der Waals surface area contributed by atoms with Crippen molar-refractivity contribution in [3.63, 3.8) is 0 Å². The normalized spacial score (nSPS) is 10.3. The van der Waals surface area contributed by atoms with Gasteiger partial charge in [0.1, 0.15) is 6.20 Å². The Morgan fingerprint density at radius 1 is 1.56 bits per heavy atom. The third-order valence-electron chi connectivity index (χ3n) is 2.21. The molecular weight excluding hydrogens is 256 g/mol. The van der Waals surface area contributed by atoms with E-state index in [4.69, 9.17) is 5.73 Å². The van der Waals surface area contributed by atoms with Gasteiger partial charge in [-0.3, -0.25) is 10.1 Å². The first-order valence-electron chi connectivity index (χ1n) is 4.93. The molecule has 0 aliphatic carbocycles. The van der Waals surface area contributed by atoms with Crippen LogP contribution in [0.1, 0.15) is 5.69 Å². The van der Waals surface area contributed by atoms with Crippen molar-refractivity contribution in [1.29, 1.82) is 0 Å². The fourth-order valence-corrected chi connectivity index (χ4v) is 1.97. The molecule has 2 N–H and O–H groups in total. The molecule has 9 heteroatoms. The zero-order valence-electron chi connectivity index (χ0n) is 9.48. The van der Waals surface area contributed by atoms with Gasteiger partial charge in [-0.15, -0.1) is 11.3 Å². The number of nitrogens with two attached hydrogens (primary N) is 1. The Balaban J connectivity index is 2.31. The summed E-state index contributed by atoms with van der Waals surface area (Å²) in [5, 5.41) is 12.8. The third kappa shape index (κ3) is 2.51. The van der Waals surface area contributed by atoms with Crippen molar-refractivity contribution in [2.75, 3.05) is 17.7 Å². The van der Waals surface area contributed by atoms with Crippen molar-refractivity contribution >= 4 is 28.8 Å². The third-order valence-corrected chi connectivity index (χ3v) is 2.84. The molecule has 0 radical (unpaired) electrons. The minimum atomic E-state index is -0.535. The Morgan fingerprint density at radius 2 is 2.33 bits per heavy atom. The fourth-order valence-electron chi connectivity index (χ4n) is 1.42. The number of nitrogen functional groups attached to an aromatic ring is 1. The largest absolute Gasteiger partial charge is 0.368 e. The van der Waals surface area contributed by atoms with Gasteiger partial charge in [-0.25, -0.2) is 9.97 Å². The van der Waals surface area contributed by atoms with Crippen molar-refractivity contribution in [2.45, 2.75) is 6.54 Å². The predicted octanol–water partition coefficient (Wildman–Crippen LogP) is 1.06. The number of aromatic nitrogens is 3. The fraction of sp³-hybridized carbons (Fsp3) is 0.222. The Morgan fingerprint density at radius 3 is 2.94 bits per heavy atom. The van der Waals surface area contributed by atoms with Crippen LogP contribution in [0.2, 0.25) is 0 Å². The molecule has 2 heterocycles. The van der Waals surface area contributed by atoms with Crippen molar-refractivity contribution in [2.24, 2.45) is 0 Å². The molecular formula is C9H10N6O2S. The molecule has 0 spiro atoms. The first-order valence-corrected chi connectivity index (χ1v) is 5.87. The van der Waals surface area contributed by atoms with E-state index in [0.717, 1.165) is 11.9 Å². The molecule has 2 aromatic heterocycles. The first-order chi connectivity index (χ1) is 8.58. The van der Waals surface area contributed by atoms with E-state index in [2.05, 4.69) is 15.0 Å². The minimum absolute atomic E-state index is 0.000674. The molecule has 94 valence electrons. The molecule has 0 amide bonds. The molecule has 0 bridgehead atoms. The summed E-state index contributed by atoms with van der Waals surface area (Å²) in [6, 6.07) is 0. The lowest BCUT2D eigenvalue weighted by Crippen LogP contribution is -2.20. The molecule has 8 nitrogen and oxygen atoms in total. The second-order valence-electron chi connectivity index (χ2n) is 3.53. The standard InChI is InChI=1S/C9H10N6O2S/c1-14(3-6-4-18-5-12-6)8-7(15(16)17)2-11-9(10)13-8/h2,4-5H,3H2,1H3,(H2,10,11,13). The van der Waals surface area contributed by atoms with Crippen LogP contribution < -0.4 is 10.6 Å². The van der Waals surface area contributed by atoms with Gasteiger partial charge in [-0.1, -0.05) is 0 Å². The lowest BCUT2D eigenvalue weighted by atomic mass is 10.4. The van der Waals surface area contributed by atoms with Crippen LogP contribution in [0.5, 0.6) is 0 Å². The highest BCUT2D eigenvalue weighted by molar-refractivity contribution is 7.07. The molecule has 2 aromatic rings. The van der Waals surface area contributed by atoms with Gasteiger partial charge in [0.05, 0.1) is 22.7 Å². The van der Waals surface area contributed by atoms with Gasteiger partial charge in [0.15, 0.2) is 0 Å². The summed E-state index contributed by atoms with van der Waals surface area (Å²) in [4.78, 5) is 23.6. The van der Waals surface area contributed by atoms with Gasteiger partial charge in [0, 0.05) is 12.4 Å². The maximum Gasteiger partial charge on any atom is 0.329 e. The van der Waals surface area contributed by atoms with Gasteiger partial charge < -0.3 is 10.6 Å². The van der Waals surface area contributed by atoms with Crippen LogP contribution in [0.25, 0.3) is 0 Å². The second kappa shape index (κ2) is 4.92. The molecule has 0 atom stereocenters. The Kier molecular flexibility index (Phi) is 3.33. The molecule has 0 aromatic carbocycles. The van der Waals surface area contributed by atoms with E-state index >= 15 is 0 Å². The number of rotatable bonds is 4. The van der Waals surface area contributed by atoms with E-state index in [9.17, 15) is 10.1 Å². The number of anilines is 2. The van der Waals surface area contributed by atoms with Crippen LogP contribution in [0.15, 0.2) is 17.1 Å². The summed E-state index contributed by atoms with van der Waals surface area (Å²) >= 11 is 1.46. The molecule has 18 heavy (non-hydrogen) atoms. The minimum Gasteiger partial charge on any atom is -0.368 e. The first kappa shape index (κ1) is 12.2. The number of hydrogen-bond acceptors (Lipinski definition) is 8. The lowest BCUT2D eigenvalue weighted by molar-refractivity contribution is -0.384. The van der Waals surface area contributed by atoms with E-state index in [1.807, 2.05) is 5.38 Å². The van der Waals surface area contributed by atoms with Gasteiger partial charge >= 0.3 is 5.69 Å². The highest BCUT2D eigenvalue weighted by atomic mass is 32.1. The Labute approximate surface area is 106 Å². The average Bonchev–Trinajstić information content (AvgIpc) is 2.81. The van der Waals surface area contributed by atoms with Gasteiger partial charge in [0.2, 0.25) is 11.8 Å². The van der Waals surface area contributed by atoms with Crippen molar-refractivity contribution in [1.82, 2.24) is 15.0 Å². The van der Waals surface area contributed by atoms with E-state index in [0.29, 0.717) is 6.54 Å². The SMILES string of the molecule is CN(Cc1cscn1)c1nc(N)ncc1[N+](=O)[O-]. The maximum atomic E-state index is 10.9. The van der Waals surface area contributed by atoms with Crippen molar-refractivity contribution in [3.05, 3.63) is 32.9 Å². The zero-order valence-corrected chi connectivity index (χ0v) is 10.3. The number of hydrogen-bond donors (Lipinski definition) is 1. The second-order valence-corrected chi connectivity index (χ2v) is 4.25. The highest BCUT2D eigenvalue weighted by Gasteiger charge is 2.20. The Hall–Kier alpha value is -2.29. The van der Waals surface area contributed by atoms with E-state index in [-0.39, 0.29) is 17.5 Å². The summed E-state index contributed by atoms with van der Waals surface area (Å²) < 4.78 is 0. The average molecular weight is 266 g/mol. The van der Waals surface area contributed by atoms with Crippen LogP contribution in [0.3, 0.4) is 0 Å². The quantitative estimate of drug-likeness (QED) is 0.650. The predicted molar refractivity (Wildman–Crippen MR) is 67.3 cm³/mol. The van der Waals surface area contributed by atoms with Crippen molar-refractivity contribution < 1.29 is 4.92 Å². The number of thiazole rings is 1. The van der Waals surface area contributed by atoms with E-state index in [1.54, 1.807) is 17.5 Å². The van der Waals surface area contributed by atoms with Gasteiger partial charge in [-0.2, -0.15) is 4.98 Å². The zero-order chi connectivity index (χ0) is 13.1. The van der Waals surface area contributed by atoms with E-state index < -0.39 is 4.92 Å². The van der Waals surface area contributed by atoms with Gasteiger partial charge in [-0.05, 0) is 0 Å². The van der Waals surface area contributed by atoms with Crippen LogP contribution in [-0.4, -0.2) is 26.9 Å². The van der Waals surface area contributed by atoms with Crippen molar-refractivity contribution in [3.8, 4) is 0 Å². The van der Waals surface area contributed by atoms with Crippen LogP contribution in [0.4, 0.5) is 17.5 Å². The van der Waals surface area contributed by atoms with Crippen LogP contribution in [0, 0.1) is 10.1 Å². The smallest absolute Gasteiger partial charge is 0.329 e. The highest BCUT2D eigenvalue weighted by Crippen LogP contribution is 2.25. The monoisotopic (exact) mass is 266 g/mol.